The molecule has 0 aliphatic carbocycles. The molecule has 1 saturated heterocycles. The highest BCUT2D eigenvalue weighted by Crippen LogP contribution is 2.36. The first kappa shape index (κ1) is 27.7. The summed E-state index contributed by atoms with van der Waals surface area (Å²) >= 11 is 0. The number of allylic oxidation sites excluding steroid dienone is 1. The molecule has 12 heteroatoms. The summed E-state index contributed by atoms with van der Waals surface area (Å²) in [4.78, 5) is 24.6. The number of hydrogen-bond donors (Lipinski definition) is 5. The van der Waals surface area contributed by atoms with E-state index in [1.165, 1.54) is 25.5 Å². The Kier molecular flexibility index (Phi) is 9.19. The fraction of sp³-hybridized carbons (Fsp3) is 0.500. The normalized spacial score (nSPS) is 36.8. The van der Waals surface area contributed by atoms with Gasteiger partial charge in [0, 0.05) is 11.5 Å². The molecule has 0 aromatic rings. The Balaban J connectivity index is 1.88. The predicted octanol–water partition coefficient (Wildman–Crippen LogP) is -3.72. The van der Waals surface area contributed by atoms with Crippen molar-refractivity contribution in [2.75, 3.05) is 27.3 Å². The standard InChI is InChI=1S/C24H31NO11/c1-4-14-15(6-5-12-7-13(21(30)31)9-25(2)8-12)16(22(32)33-3)11-34-23(14)36-24-20(29)19(28)18(27)17(10-26)35-24/h4-7,9,11,14-15,17-20,23-24,26-29H,1,8,10H2,2-3H3,(H,30,31). The molecule has 3 heterocycles. The summed E-state index contributed by atoms with van der Waals surface area (Å²) in [5.74, 6) is -3.40. The zero-order valence-corrected chi connectivity index (χ0v) is 19.9. The third-order valence-electron chi connectivity index (χ3n) is 6.21. The number of carbonyl (C=O) groups excluding carboxylic acids is 2. The van der Waals surface area contributed by atoms with Gasteiger partial charge in [-0.15, -0.1) is 6.58 Å². The number of carboxylic acids is 1. The van der Waals surface area contributed by atoms with Crippen LogP contribution in [-0.4, -0.2) is 96.7 Å². The summed E-state index contributed by atoms with van der Waals surface area (Å²) < 4.78 is 21.6. The van der Waals surface area contributed by atoms with Gasteiger partial charge in [-0.2, -0.15) is 0 Å². The van der Waals surface area contributed by atoms with Gasteiger partial charge in [0.15, 0.2) is 6.29 Å². The molecule has 0 amide bonds. The van der Waals surface area contributed by atoms with Crippen molar-refractivity contribution >= 4 is 11.9 Å². The van der Waals surface area contributed by atoms with Gasteiger partial charge in [-0.3, -0.25) is 0 Å². The Morgan fingerprint density at radius 1 is 1.25 bits per heavy atom. The molecule has 0 aromatic carbocycles. The van der Waals surface area contributed by atoms with E-state index < -0.39 is 67.4 Å². The van der Waals surface area contributed by atoms with E-state index in [-0.39, 0.29) is 11.1 Å². The smallest absolute Gasteiger partial charge is 0.337 e. The number of esters is 1. The summed E-state index contributed by atoms with van der Waals surface area (Å²) in [5.41, 5.74) is 0.831. The van der Waals surface area contributed by atoms with E-state index in [0.29, 0.717) is 12.1 Å². The first-order valence-corrected chi connectivity index (χ1v) is 11.3. The Labute approximate surface area is 207 Å². The molecule has 36 heavy (non-hydrogen) atoms. The Morgan fingerprint density at radius 3 is 2.58 bits per heavy atom. The molecule has 3 aliphatic rings. The summed E-state index contributed by atoms with van der Waals surface area (Å²) in [6.45, 7) is 3.65. The molecule has 0 spiro atoms. The molecule has 198 valence electrons. The minimum absolute atomic E-state index is 0.0261. The average Bonchev–Trinajstić information content (AvgIpc) is 2.86. The molecular formula is C24H31NO11. The molecule has 12 nitrogen and oxygen atoms in total. The van der Waals surface area contributed by atoms with E-state index in [1.807, 2.05) is 0 Å². The van der Waals surface area contributed by atoms with Crippen molar-refractivity contribution in [3.8, 4) is 0 Å². The summed E-state index contributed by atoms with van der Waals surface area (Å²) in [5, 5.41) is 51.1. The number of aliphatic carboxylic acids is 1. The van der Waals surface area contributed by atoms with Gasteiger partial charge in [0.1, 0.15) is 37.2 Å². The summed E-state index contributed by atoms with van der Waals surface area (Å²) in [6.07, 6.45) is 0.295. The second-order valence-corrected chi connectivity index (χ2v) is 8.73. The topological polar surface area (TPSA) is 179 Å². The van der Waals surface area contributed by atoms with E-state index in [1.54, 1.807) is 19.2 Å². The van der Waals surface area contributed by atoms with Crippen molar-refractivity contribution in [1.29, 1.82) is 0 Å². The predicted molar refractivity (Wildman–Crippen MR) is 119 cm³/mol. The molecule has 0 saturated carbocycles. The highest BCUT2D eigenvalue weighted by molar-refractivity contribution is 5.89. The maximum atomic E-state index is 12.4. The number of rotatable bonds is 8. The van der Waals surface area contributed by atoms with Gasteiger partial charge in [0.05, 0.1) is 50.1 Å². The molecule has 1 fully saturated rings. The highest BCUT2D eigenvalue weighted by atomic mass is 16.8. The molecule has 3 rings (SSSR count). The van der Waals surface area contributed by atoms with Crippen LogP contribution in [0.15, 0.2) is 60.1 Å². The van der Waals surface area contributed by atoms with Crippen LogP contribution in [0.1, 0.15) is 0 Å². The number of nitrogens with one attached hydrogen (secondary N) is 1. The number of aliphatic hydroxyl groups is 4. The maximum Gasteiger partial charge on any atom is 0.337 e. The molecule has 9 unspecified atom stereocenters. The summed E-state index contributed by atoms with van der Waals surface area (Å²) in [7, 11) is 3.00. The van der Waals surface area contributed by atoms with Crippen LogP contribution in [0.25, 0.3) is 0 Å². The van der Waals surface area contributed by atoms with Crippen LogP contribution in [0, 0.1) is 11.8 Å². The first-order valence-electron chi connectivity index (χ1n) is 11.3. The third-order valence-corrected chi connectivity index (χ3v) is 6.21. The van der Waals surface area contributed by atoms with Gasteiger partial charge in [-0.25, -0.2) is 4.79 Å². The van der Waals surface area contributed by atoms with Crippen LogP contribution < -0.4 is 10.0 Å². The van der Waals surface area contributed by atoms with E-state index in [4.69, 9.17) is 18.9 Å². The number of methoxy groups -OCH3 is 1. The van der Waals surface area contributed by atoms with Crippen molar-refractivity contribution in [1.82, 2.24) is 0 Å². The van der Waals surface area contributed by atoms with Crippen LogP contribution in [0.3, 0.4) is 0 Å². The van der Waals surface area contributed by atoms with Crippen LogP contribution in [0.5, 0.6) is 0 Å². The zero-order valence-electron chi connectivity index (χ0n) is 19.9. The molecule has 5 N–H and O–H groups in total. The number of likely N-dealkylation sites (N-methyl/N-ethyl adjacent to an activating group) is 1. The van der Waals surface area contributed by atoms with Gasteiger partial charge in [0.2, 0.25) is 6.29 Å². The Hall–Kier alpha value is -2.84. The largest absolute Gasteiger partial charge is 0.545 e. The zero-order chi connectivity index (χ0) is 26.6. The van der Waals surface area contributed by atoms with E-state index in [2.05, 4.69) is 6.58 Å². The van der Waals surface area contributed by atoms with Crippen molar-refractivity contribution in [2.45, 2.75) is 37.0 Å². The van der Waals surface area contributed by atoms with Gasteiger partial charge in [-0.05, 0) is 6.08 Å². The van der Waals surface area contributed by atoms with Crippen LogP contribution in [-0.2, 0) is 28.5 Å². The third kappa shape index (κ3) is 5.93. The van der Waals surface area contributed by atoms with Crippen LogP contribution >= 0.6 is 0 Å². The average molecular weight is 510 g/mol. The minimum Gasteiger partial charge on any atom is -0.545 e. The molecule has 0 bridgehead atoms. The molecular weight excluding hydrogens is 478 g/mol. The molecule has 0 radical (unpaired) electrons. The number of quaternary nitrogens is 1. The first-order chi connectivity index (χ1) is 17.1. The second-order valence-electron chi connectivity index (χ2n) is 8.73. The monoisotopic (exact) mass is 509 g/mol. The Morgan fingerprint density at radius 2 is 1.97 bits per heavy atom. The van der Waals surface area contributed by atoms with Crippen LogP contribution in [0.4, 0.5) is 0 Å². The van der Waals surface area contributed by atoms with E-state index >= 15 is 0 Å². The lowest BCUT2D eigenvalue weighted by atomic mass is 9.83. The SMILES string of the molecule is C=CC1C(OC2OC(CO)C(O)C(O)C2O)OC=C(C(=O)OC)C1C=CC1=CC(C(=O)[O-])=C[NH+](C)C1. The maximum absolute atomic E-state index is 12.4. The Bertz CT molecular complexity index is 969. The number of carbonyl (C=O) groups is 2. The summed E-state index contributed by atoms with van der Waals surface area (Å²) in [6, 6.07) is 0. The van der Waals surface area contributed by atoms with Gasteiger partial charge in [0.25, 0.3) is 0 Å². The highest BCUT2D eigenvalue weighted by Gasteiger charge is 2.47. The quantitative estimate of drug-likeness (QED) is 0.160. The van der Waals surface area contributed by atoms with Gasteiger partial charge >= 0.3 is 5.97 Å². The van der Waals surface area contributed by atoms with Gasteiger partial charge in [-0.1, -0.05) is 18.2 Å². The van der Waals surface area contributed by atoms with Crippen molar-refractivity contribution in [2.24, 2.45) is 11.8 Å². The van der Waals surface area contributed by atoms with Crippen molar-refractivity contribution in [3.63, 3.8) is 0 Å². The fourth-order valence-electron chi connectivity index (χ4n) is 4.30. The van der Waals surface area contributed by atoms with E-state index in [0.717, 1.165) is 11.2 Å². The van der Waals surface area contributed by atoms with Gasteiger partial charge < -0.3 is 54.2 Å². The number of hydrogen-bond acceptors (Lipinski definition) is 11. The molecule has 9 atom stereocenters. The fourth-order valence-corrected chi connectivity index (χ4v) is 4.30. The molecule has 0 aromatic heterocycles. The molecule has 3 aliphatic heterocycles. The number of carboxylic acid groups (broad SMARTS) is 1. The lowest BCUT2D eigenvalue weighted by Gasteiger charge is -2.42. The lowest BCUT2D eigenvalue weighted by Crippen LogP contribution is -3.05. The van der Waals surface area contributed by atoms with Crippen molar-refractivity contribution in [3.05, 3.63) is 60.1 Å². The lowest BCUT2D eigenvalue weighted by molar-refractivity contribution is -0.820. The van der Waals surface area contributed by atoms with E-state index in [9.17, 15) is 35.1 Å². The van der Waals surface area contributed by atoms with Crippen LogP contribution in [0.2, 0.25) is 0 Å². The number of ether oxygens (including phenoxy) is 4. The van der Waals surface area contributed by atoms with Crippen molar-refractivity contribution < 1.29 is 59.0 Å². The minimum atomic E-state index is -1.66. The second kappa shape index (κ2) is 11.9. The number of aliphatic hydroxyl groups excluding tert-OH is 4.